The minimum atomic E-state index is -0.532. The van der Waals surface area contributed by atoms with E-state index in [9.17, 15) is 4.79 Å². The summed E-state index contributed by atoms with van der Waals surface area (Å²) in [5, 5.41) is 6.42. The van der Waals surface area contributed by atoms with Crippen LogP contribution in [0.2, 0.25) is 0 Å². The zero-order chi connectivity index (χ0) is 19.6. The van der Waals surface area contributed by atoms with Gasteiger partial charge in [0.2, 0.25) is 0 Å². The zero-order valence-corrected chi connectivity index (χ0v) is 17.1. The molecule has 3 heterocycles. The first-order chi connectivity index (χ1) is 13.5. The highest BCUT2D eigenvalue weighted by atomic mass is 16.5. The van der Waals surface area contributed by atoms with Crippen LogP contribution in [0.5, 0.6) is 5.75 Å². The van der Waals surface area contributed by atoms with Crippen LogP contribution in [0, 0.1) is 0 Å². The minimum absolute atomic E-state index is 0.0427. The molecule has 2 N–H and O–H groups in total. The summed E-state index contributed by atoms with van der Waals surface area (Å²) in [7, 11) is 0. The molecule has 6 nitrogen and oxygen atoms in total. The Bertz CT molecular complexity index is 662. The van der Waals surface area contributed by atoms with Gasteiger partial charge in [0.05, 0.1) is 5.60 Å². The summed E-state index contributed by atoms with van der Waals surface area (Å²) < 4.78 is 12.5. The summed E-state index contributed by atoms with van der Waals surface area (Å²) in [5.41, 5.74) is 0.667. The van der Waals surface area contributed by atoms with Gasteiger partial charge in [0.15, 0.2) is 6.10 Å². The fraction of sp³-hybridized carbons (Fsp3) is 0.682. The second-order valence-corrected chi connectivity index (χ2v) is 8.66. The van der Waals surface area contributed by atoms with Crippen molar-refractivity contribution in [2.75, 3.05) is 32.7 Å². The van der Waals surface area contributed by atoms with Crippen molar-refractivity contribution in [3.8, 4) is 5.75 Å². The number of hydrogen-bond acceptors (Lipinski definition) is 5. The molecule has 0 bridgehead atoms. The van der Waals surface area contributed by atoms with Crippen molar-refractivity contribution < 1.29 is 14.3 Å². The van der Waals surface area contributed by atoms with Crippen LogP contribution >= 0.6 is 0 Å². The van der Waals surface area contributed by atoms with Crippen LogP contribution in [0.4, 0.5) is 0 Å². The van der Waals surface area contributed by atoms with Gasteiger partial charge in [-0.2, -0.15) is 0 Å². The number of ether oxygens (including phenoxy) is 2. The van der Waals surface area contributed by atoms with Crippen molar-refractivity contribution in [2.24, 2.45) is 0 Å². The van der Waals surface area contributed by atoms with Crippen LogP contribution in [0.3, 0.4) is 0 Å². The van der Waals surface area contributed by atoms with Crippen molar-refractivity contribution >= 4 is 5.91 Å². The van der Waals surface area contributed by atoms with Gasteiger partial charge in [0.25, 0.3) is 5.91 Å². The molecule has 0 radical (unpaired) electrons. The number of hydrogen-bond donors (Lipinski definition) is 2. The van der Waals surface area contributed by atoms with Gasteiger partial charge in [-0.05, 0) is 70.3 Å². The molecule has 4 rings (SSSR count). The first-order valence-corrected chi connectivity index (χ1v) is 10.7. The van der Waals surface area contributed by atoms with Gasteiger partial charge in [0, 0.05) is 25.7 Å². The second-order valence-electron chi connectivity index (χ2n) is 8.66. The number of carbonyl (C=O) groups excluding carboxylic acids is 1. The molecular weight excluding hydrogens is 354 g/mol. The van der Waals surface area contributed by atoms with Gasteiger partial charge in [-0.25, -0.2) is 0 Å². The first kappa shape index (κ1) is 19.7. The maximum Gasteiger partial charge on any atom is 0.253 e. The average Bonchev–Trinajstić information content (AvgIpc) is 2.72. The molecule has 0 aliphatic carbocycles. The van der Waals surface area contributed by atoms with Crippen molar-refractivity contribution in [1.29, 1.82) is 0 Å². The summed E-state index contributed by atoms with van der Waals surface area (Å²) in [6, 6.07) is 8.51. The van der Waals surface area contributed by atoms with E-state index < -0.39 is 6.10 Å². The van der Waals surface area contributed by atoms with Gasteiger partial charge >= 0.3 is 0 Å². The molecule has 3 saturated heterocycles. The molecule has 154 valence electrons. The van der Waals surface area contributed by atoms with E-state index in [0.29, 0.717) is 12.6 Å². The minimum Gasteiger partial charge on any atom is -0.490 e. The Labute approximate surface area is 168 Å². The molecule has 0 aromatic heterocycles. The van der Waals surface area contributed by atoms with E-state index in [1.54, 1.807) is 0 Å². The Kier molecular flexibility index (Phi) is 5.90. The van der Waals surface area contributed by atoms with E-state index in [4.69, 9.17) is 9.47 Å². The largest absolute Gasteiger partial charge is 0.490 e. The number of nitrogens with one attached hydrogen (secondary N) is 2. The van der Waals surface area contributed by atoms with Crippen LogP contribution in [0.25, 0.3) is 0 Å². The summed E-state index contributed by atoms with van der Waals surface area (Å²) in [4.78, 5) is 14.9. The lowest BCUT2D eigenvalue weighted by Gasteiger charge is -2.43. The fourth-order valence-electron chi connectivity index (χ4n) is 4.51. The standard InChI is InChI=1S/C22H33N3O3/c1-16(2)25-13-7-19(8-14-25)27-18-5-3-17(4-6-18)20-21(26)24-15-22(28-20)9-11-23-12-10-22/h3-6,16,19-20,23H,7-15H2,1-2H3,(H,24,26). The third-order valence-corrected chi connectivity index (χ3v) is 6.40. The predicted molar refractivity (Wildman–Crippen MR) is 108 cm³/mol. The number of likely N-dealkylation sites (tertiary alicyclic amines) is 1. The highest BCUT2D eigenvalue weighted by molar-refractivity contribution is 5.83. The molecule has 6 heteroatoms. The molecule has 1 unspecified atom stereocenters. The smallest absolute Gasteiger partial charge is 0.253 e. The highest BCUT2D eigenvalue weighted by Gasteiger charge is 2.42. The van der Waals surface area contributed by atoms with E-state index in [2.05, 4.69) is 29.4 Å². The molecular formula is C22H33N3O3. The Morgan fingerprint density at radius 3 is 2.46 bits per heavy atom. The van der Waals surface area contributed by atoms with E-state index in [0.717, 1.165) is 63.2 Å². The third kappa shape index (κ3) is 4.34. The number of rotatable bonds is 4. The quantitative estimate of drug-likeness (QED) is 0.830. The van der Waals surface area contributed by atoms with Crippen LogP contribution in [-0.2, 0) is 9.53 Å². The highest BCUT2D eigenvalue weighted by Crippen LogP contribution is 2.34. The zero-order valence-electron chi connectivity index (χ0n) is 17.1. The van der Waals surface area contributed by atoms with Gasteiger partial charge < -0.3 is 25.0 Å². The van der Waals surface area contributed by atoms with Crippen LogP contribution in [-0.4, -0.2) is 61.3 Å². The first-order valence-electron chi connectivity index (χ1n) is 10.7. The fourth-order valence-corrected chi connectivity index (χ4v) is 4.51. The Morgan fingerprint density at radius 1 is 1.14 bits per heavy atom. The Morgan fingerprint density at radius 2 is 1.82 bits per heavy atom. The number of carbonyl (C=O) groups is 1. The SMILES string of the molecule is CC(C)N1CCC(Oc2ccc(C3OC4(CCNCC4)CNC3=O)cc2)CC1. The molecule has 0 saturated carbocycles. The molecule has 1 aromatic carbocycles. The summed E-state index contributed by atoms with van der Waals surface area (Å²) in [6.07, 6.45) is 3.72. The molecule has 28 heavy (non-hydrogen) atoms. The Balaban J connectivity index is 1.37. The number of nitrogens with zero attached hydrogens (tertiary/aromatic N) is 1. The van der Waals surface area contributed by atoms with E-state index in [1.165, 1.54) is 0 Å². The van der Waals surface area contributed by atoms with Crippen LogP contribution in [0.15, 0.2) is 24.3 Å². The lowest BCUT2D eigenvalue weighted by molar-refractivity contribution is -0.167. The van der Waals surface area contributed by atoms with Crippen molar-refractivity contribution in [3.05, 3.63) is 29.8 Å². The van der Waals surface area contributed by atoms with E-state index >= 15 is 0 Å². The van der Waals surface area contributed by atoms with Crippen molar-refractivity contribution in [3.63, 3.8) is 0 Å². The maximum absolute atomic E-state index is 12.4. The molecule has 3 aliphatic heterocycles. The number of morpholine rings is 1. The van der Waals surface area contributed by atoms with E-state index in [1.807, 2.05) is 24.3 Å². The molecule has 1 spiro atoms. The summed E-state index contributed by atoms with van der Waals surface area (Å²) in [5.74, 6) is 0.832. The number of amides is 1. The molecule has 1 aromatic rings. The van der Waals surface area contributed by atoms with E-state index in [-0.39, 0.29) is 17.6 Å². The topological polar surface area (TPSA) is 62.8 Å². The molecule has 1 amide bonds. The van der Waals surface area contributed by atoms with Gasteiger partial charge in [0.1, 0.15) is 11.9 Å². The van der Waals surface area contributed by atoms with Gasteiger partial charge in [-0.3, -0.25) is 4.79 Å². The molecule has 3 fully saturated rings. The molecule has 3 aliphatic rings. The second kappa shape index (κ2) is 8.39. The summed E-state index contributed by atoms with van der Waals surface area (Å²) >= 11 is 0. The molecule has 1 atom stereocenters. The third-order valence-electron chi connectivity index (χ3n) is 6.40. The lowest BCUT2D eigenvalue weighted by Crippen LogP contribution is -2.57. The number of benzene rings is 1. The monoisotopic (exact) mass is 387 g/mol. The average molecular weight is 388 g/mol. The van der Waals surface area contributed by atoms with Crippen LogP contribution in [0.1, 0.15) is 51.2 Å². The summed E-state index contributed by atoms with van der Waals surface area (Å²) in [6.45, 7) is 9.16. The van der Waals surface area contributed by atoms with Crippen molar-refractivity contribution in [2.45, 2.75) is 63.4 Å². The van der Waals surface area contributed by atoms with Gasteiger partial charge in [-0.15, -0.1) is 0 Å². The van der Waals surface area contributed by atoms with Crippen LogP contribution < -0.4 is 15.4 Å². The maximum atomic E-state index is 12.4. The number of piperidine rings is 2. The Hall–Kier alpha value is -1.63. The normalized spacial score (nSPS) is 26.4. The van der Waals surface area contributed by atoms with Gasteiger partial charge in [-0.1, -0.05) is 12.1 Å². The van der Waals surface area contributed by atoms with Crippen molar-refractivity contribution in [1.82, 2.24) is 15.5 Å². The lowest BCUT2D eigenvalue weighted by atomic mass is 9.89. The predicted octanol–water partition coefficient (Wildman–Crippen LogP) is 2.25.